The van der Waals surface area contributed by atoms with E-state index in [1.807, 2.05) is 0 Å². The fraction of sp³-hybridized carbons (Fsp3) is 0.500. The Bertz CT molecular complexity index is 391. The summed E-state index contributed by atoms with van der Waals surface area (Å²) in [5, 5.41) is 10.3. The monoisotopic (exact) mass is 238 g/mol. The maximum atomic E-state index is 10.3. The maximum absolute atomic E-state index is 10.3. The van der Waals surface area contributed by atoms with Crippen LogP contribution in [0, 0.1) is 0 Å². The van der Waals surface area contributed by atoms with Gasteiger partial charge in [0.15, 0.2) is 0 Å². The van der Waals surface area contributed by atoms with Crippen LogP contribution in [0.5, 0.6) is 11.8 Å². The number of methoxy groups -OCH3 is 2. The molecule has 0 saturated carbocycles. The quantitative estimate of drug-likeness (QED) is 0.764. The van der Waals surface area contributed by atoms with E-state index in [1.165, 1.54) is 20.4 Å². The average Bonchev–Trinajstić information content (AvgIpc) is 2.35. The Morgan fingerprint density at radius 2 is 2.18 bits per heavy atom. The Hall–Kier alpha value is -1.62. The molecule has 0 fully saturated rings. The summed E-state index contributed by atoms with van der Waals surface area (Å²) in [6.07, 6.45) is 4.40. The zero-order valence-electron chi connectivity index (χ0n) is 10.4. The van der Waals surface area contributed by atoms with Gasteiger partial charge >= 0.3 is 0 Å². The molecule has 0 spiro atoms. The summed E-state index contributed by atoms with van der Waals surface area (Å²) >= 11 is 0. The number of hydrogen-bond acceptors (Lipinski definition) is 5. The molecule has 1 unspecified atom stereocenters. The Labute approximate surface area is 101 Å². The first-order valence-electron chi connectivity index (χ1n) is 5.34. The molecule has 0 aliphatic heterocycles. The first-order valence-corrected chi connectivity index (χ1v) is 5.34. The zero-order chi connectivity index (χ0) is 12.9. The average molecular weight is 238 g/mol. The molecule has 0 aliphatic carbocycles. The second-order valence-electron chi connectivity index (χ2n) is 3.87. The van der Waals surface area contributed by atoms with Crippen LogP contribution < -0.4 is 9.47 Å². The van der Waals surface area contributed by atoms with Crippen molar-refractivity contribution < 1.29 is 14.6 Å². The van der Waals surface area contributed by atoms with E-state index in [9.17, 15) is 5.11 Å². The van der Waals surface area contributed by atoms with E-state index in [2.05, 4.69) is 16.5 Å². The lowest BCUT2D eigenvalue weighted by Crippen LogP contribution is -2.24. The first kappa shape index (κ1) is 13.4. The molecule has 1 aromatic heterocycles. The minimum atomic E-state index is -1.10. The molecular weight excluding hydrogens is 220 g/mol. The molecular formula is C12H18N2O3. The van der Waals surface area contributed by atoms with Crippen LogP contribution in [-0.2, 0) is 5.60 Å². The van der Waals surface area contributed by atoms with Gasteiger partial charge in [-0.3, -0.25) is 0 Å². The van der Waals surface area contributed by atoms with Crippen LogP contribution in [-0.4, -0.2) is 29.3 Å². The molecule has 17 heavy (non-hydrogen) atoms. The molecule has 1 atom stereocenters. The maximum Gasteiger partial charge on any atom is 0.241 e. The van der Waals surface area contributed by atoms with E-state index in [4.69, 9.17) is 9.47 Å². The summed E-state index contributed by atoms with van der Waals surface area (Å²) in [7, 11) is 2.98. The molecule has 0 radical (unpaired) electrons. The summed E-state index contributed by atoms with van der Waals surface area (Å²) in [6.45, 7) is 5.31. The predicted octanol–water partition coefficient (Wildman–Crippen LogP) is 1.67. The number of ether oxygens (including phenoxy) is 2. The summed E-state index contributed by atoms with van der Waals surface area (Å²) in [5.41, 5.74) is -0.693. The van der Waals surface area contributed by atoms with Gasteiger partial charge in [0, 0.05) is 0 Å². The van der Waals surface area contributed by atoms with Gasteiger partial charge in [0.2, 0.25) is 11.8 Å². The van der Waals surface area contributed by atoms with E-state index < -0.39 is 5.60 Å². The van der Waals surface area contributed by atoms with Crippen molar-refractivity contribution >= 4 is 0 Å². The van der Waals surface area contributed by atoms with E-state index in [0.717, 1.165) is 0 Å². The smallest absolute Gasteiger partial charge is 0.241 e. The van der Waals surface area contributed by atoms with E-state index in [0.29, 0.717) is 24.4 Å². The molecule has 94 valence electrons. The lowest BCUT2D eigenvalue weighted by molar-refractivity contribution is 0.0406. The molecule has 0 bridgehead atoms. The minimum absolute atomic E-state index is 0.276. The fourth-order valence-electron chi connectivity index (χ4n) is 1.47. The van der Waals surface area contributed by atoms with Crippen LogP contribution in [0.15, 0.2) is 18.9 Å². The van der Waals surface area contributed by atoms with Crippen molar-refractivity contribution in [2.75, 3.05) is 14.2 Å². The van der Waals surface area contributed by atoms with E-state index in [-0.39, 0.29) is 5.88 Å². The summed E-state index contributed by atoms with van der Waals surface area (Å²) < 4.78 is 10.1. The summed E-state index contributed by atoms with van der Waals surface area (Å²) in [4.78, 5) is 8.24. The van der Waals surface area contributed by atoms with Gasteiger partial charge in [-0.05, 0) is 19.8 Å². The Kier molecular flexibility index (Phi) is 4.45. The van der Waals surface area contributed by atoms with Gasteiger partial charge in [0.25, 0.3) is 0 Å². The van der Waals surface area contributed by atoms with Crippen molar-refractivity contribution in [1.82, 2.24) is 9.97 Å². The van der Waals surface area contributed by atoms with Gasteiger partial charge < -0.3 is 14.6 Å². The lowest BCUT2D eigenvalue weighted by atomic mass is 9.96. The highest BCUT2D eigenvalue weighted by atomic mass is 16.5. The van der Waals surface area contributed by atoms with E-state index >= 15 is 0 Å². The van der Waals surface area contributed by atoms with Gasteiger partial charge in [-0.1, -0.05) is 6.08 Å². The van der Waals surface area contributed by atoms with Gasteiger partial charge in [-0.15, -0.1) is 6.58 Å². The Morgan fingerprint density at radius 1 is 1.47 bits per heavy atom. The van der Waals surface area contributed by atoms with E-state index in [1.54, 1.807) is 13.0 Å². The second-order valence-corrected chi connectivity index (χ2v) is 3.87. The SMILES string of the molecule is C=CCCC(C)(O)c1ncc(OC)nc1OC. The third-order valence-electron chi connectivity index (χ3n) is 2.47. The first-order chi connectivity index (χ1) is 8.05. The van der Waals surface area contributed by atoms with Crippen molar-refractivity contribution in [3.63, 3.8) is 0 Å². The molecule has 1 aromatic rings. The normalized spacial score (nSPS) is 13.9. The van der Waals surface area contributed by atoms with Crippen LogP contribution in [0.3, 0.4) is 0 Å². The molecule has 1 heterocycles. The standard InChI is InChI=1S/C12H18N2O3/c1-5-6-7-12(2,15)10-11(17-4)14-9(16-3)8-13-10/h5,8,15H,1,6-7H2,2-4H3. The number of nitrogens with zero attached hydrogens (tertiary/aromatic N) is 2. The van der Waals surface area contributed by atoms with Crippen molar-refractivity contribution in [2.45, 2.75) is 25.4 Å². The van der Waals surface area contributed by atoms with Crippen molar-refractivity contribution in [1.29, 1.82) is 0 Å². The molecule has 0 amide bonds. The second kappa shape index (κ2) is 5.63. The van der Waals surface area contributed by atoms with Gasteiger partial charge in [0.1, 0.15) is 11.3 Å². The number of aliphatic hydroxyl groups is 1. The van der Waals surface area contributed by atoms with Gasteiger partial charge in [-0.25, -0.2) is 4.98 Å². The number of allylic oxidation sites excluding steroid dienone is 1. The van der Waals surface area contributed by atoms with Gasteiger partial charge in [0.05, 0.1) is 20.4 Å². The fourth-order valence-corrected chi connectivity index (χ4v) is 1.47. The molecule has 5 nitrogen and oxygen atoms in total. The highest BCUT2D eigenvalue weighted by Gasteiger charge is 2.29. The Morgan fingerprint density at radius 3 is 2.71 bits per heavy atom. The topological polar surface area (TPSA) is 64.5 Å². The lowest BCUT2D eigenvalue weighted by Gasteiger charge is -2.23. The minimum Gasteiger partial charge on any atom is -0.480 e. The third-order valence-corrected chi connectivity index (χ3v) is 2.47. The van der Waals surface area contributed by atoms with Crippen LogP contribution in [0.4, 0.5) is 0 Å². The molecule has 0 saturated heterocycles. The predicted molar refractivity (Wildman–Crippen MR) is 64.1 cm³/mol. The summed E-state index contributed by atoms with van der Waals surface area (Å²) in [5.74, 6) is 0.628. The highest BCUT2D eigenvalue weighted by molar-refractivity contribution is 5.27. The van der Waals surface area contributed by atoms with Crippen molar-refractivity contribution in [2.24, 2.45) is 0 Å². The highest BCUT2D eigenvalue weighted by Crippen LogP contribution is 2.31. The van der Waals surface area contributed by atoms with Crippen LogP contribution in [0.1, 0.15) is 25.5 Å². The van der Waals surface area contributed by atoms with Crippen LogP contribution >= 0.6 is 0 Å². The van der Waals surface area contributed by atoms with Crippen molar-refractivity contribution in [3.05, 3.63) is 24.5 Å². The number of aromatic nitrogens is 2. The number of hydrogen-bond donors (Lipinski definition) is 1. The van der Waals surface area contributed by atoms with Crippen molar-refractivity contribution in [3.8, 4) is 11.8 Å². The molecule has 0 aliphatic rings. The summed E-state index contributed by atoms with van der Waals surface area (Å²) in [6, 6.07) is 0. The largest absolute Gasteiger partial charge is 0.480 e. The van der Waals surface area contributed by atoms with Crippen LogP contribution in [0.25, 0.3) is 0 Å². The molecule has 5 heteroatoms. The van der Waals surface area contributed by atoms with Gasteiger partial charge in [-0.2, -0.15) is 4.98 Å². The molecule has 0 aromatic carbocycles. The third kappa shape index (κ3) is 3.17. The molecule has 1 N–H and O–H groups in total. The zero-order valence-corrected chi connectivity index (χ0v) is 10.4. The van der Waals surface area contributed by atoms with Crippen LogP contribution in [0.2, 0.25) is 0 Å². The Balaban J connectivity index is 3.07. The number of rotatable bonds is 6. The molecule has 1 rings (SSSR count).